The van der Waals surface area contributed by atoms with Crippen molar-refractivity contribution in [3.8, 4) is 0 Å². The Bertz CT molecular complexity index is 607. The van der Waals surface area contributed by atoms with E-state index in [4.69, 9.17) is 17.7 Å². The lowest BCUT2D eigenvalue weighted by molar-refractivity contribution is 0.222. The van der Waals surface area contributed by atoms with E-state index in [1.807, 2.05) is 36.4 Å². The summed E-state index contributed by atoms with van der Waals surface area (Å²) >= 11 is 0. The first-order valence-corrected chi connectivity index (χ1v) is 13.2. The van der Waals surface area contributed by atoms with Gasteiger partial charge in [0.25, 0.3) is 0 Å². The van der Waals surface area contributed by atoms with Crippen molar-refractivity contribution in [2.24, 2.45) is 0 Å². The molecule has 0 radical (unpaired) electrons. The van der Waals surface area contributed by atoms with E-state index in [2.05, 4.69) is 51.6 Å². The summed E-state index contributed by atoms with van der Waals surface area (Å²) in [7, 11) is 2.49. The van der Waals surface area contributed by atoms with E-state index in [1.165, 1.54) is 0 Å². The van der Waals surface area contributed by atoms with Crippen molar-refractivity contribution in [3.63, 3.8) is 0 Å². The molecule has 0 aliphatic rings. The normalized spacial score (nSPS) is 12.3. The van der Waals surface area contributed by atoms with Gasteiger partial charge in [0.05, 0.1) is 0 Å². The van der Waals surface area contributed by atoms with Crippen LogP contribution in [0.25, 0.3) is 0 Å². The van der Waals surface area contributed by atoms with Gasteiger partial charge in [-0.15, -0.1) is 0 Å². The second-order valence-electron chi connectivity index (χ2n) is 7.36. The zero-order chi connectivity index (χ0) is 20.6. The van der Waals surface area contributed by atoms with Gasteiger partial charge in [0, 0.05) is 33.5 Å². The van der Waals surface area contributed by atoms with Crippen molar-refractivity contribution in [2.45, 2.75) is 32.4 Å². The van der Waals surface area contributed by atoms with Gasteiger partial charge in [-0.1, -0.05) is 81.4 Å². The topological polar surface area (TPSA) is 36.9 Å². The minimum atomic E-state index is -2.50. The molecule has 0 spiro atoms. The Kier molecular flexibility index (Phi) is 9.07. The van der Waals surface area contributed by atoms with Crippen LogP contribution in [0.3, 0.4) is 0 Å². The highest BCUT2D eigenvalue weighted by atomic mass is 28.4. The fraction of sp³-hybridized carbons (Fsp3) is 0.429. The molecule has 0 aliphatic carbocycles. The maximum Gasteiger partial charge on any atom is 0.406 e. The van der Waals surface area contributed by atoms with Crippen LogP contribution in [0.4, 0.5) is 0 Å². The minimum absolute atomic E-state index is 0.149. The minimum Gasteiger partial charge on any atom is -0.397 e. The van der Waals surface area contributed by atoms with Crippen molar-refractivity contribution in [1.82, 2.24) is 0 Å². The molecule has 27 heavy (non-hydrogen) atoms. The van der Waals surface area contributed by atoms with Gasteiger partial charge in [-0.3, -0.25) is 0 Å². The monoisotopic (exact) mass is 406 g/mol. The third kappa shape index (κ3) is 5.60. The summed E-state index contributed by atoms with van der Waals surface area (Å²) in [5, 5.41) is 2.39. The Hall–Kier alpha value is -1.29. The zero-order valence-corrected chi connectivity index (χ0v) is 19.9. The lowest BCUT2D eigenvalue weighted by atomic mass is 10.3. The highest BCUT2D eigenvalue weighted by Gasteiger charge is 2.42. The van der Waals surface area contributed by atoms with E-state index in [-0.39, 0.29) is 5.04 Å². The Morgan fingerprint density at radius 3 is 1.11 bits per heavy atom. The molecule has 0 fully saturated rings. The van der Waals surface area contributed by atoms with Crippen LogP contribution in [0.2, 0.25) is 11.6 Å². The zero-order valence-electron chi connectivity index (χ0n) is 17.9. The van der Waals surface area contributed by atoms with Crippen LogP contribution in [0.15, 0.2) is 60.7 Å². The number of hydrogen-bond acceptors (Lipinski definition) is 4. The molecule has 0 atom stereocenters. The third-order valence-electron chi connectivity index (χ3n) is 5.02. The molecule has 0 saturated carbocycles. The molecule has 2 rings (SSSR count). The maximum atomic E-state index is 5.78. The molecule has 0 saturated heterocycles. The van der Waals surface area contributed by atoms with Crippen LogP contribution in [-0.4, -0.2) is 45.6 Å². The van der Waals surface area contributed by atoms with E-state index in [0.29, 0.717) is 0 Å². The van der Waals surface area contributed by atoms with Gasteiger partial charge in [0.1, 0.15) is 0 Å². The van der Waals surface area contributed by atoms with Gasteiger partial charge in [0.2, 0.25) is 0 Å². The van der Waals surface area contributed by atoms with Gasteiger partial charge in [-0.2, -0.15) is 0 Å². The van der Waals surface area contributed by atoms with Crippen molar-refractivity contribution < 1.29 is 17.7 Å². The summed E-state index contributed by atoms with van der Waals surface area (Å²) in [5.41, 5.74) is 0. The summed E-state index contributed by atoms with van der Waals surface area (Å²) in [5.74, 6) is 0. The summed E-state index contributed by atoms with van der Waals surface area (Å²) in [4.78, 5) is 0. The lowest BCUT2D eigenvalue weighted by Gasteiger charge is -2.35. The lowest BCUT2D eigenvalue weighted by Crippen LogP contribution is -2.62. The fourth-order valence-corrected chi connectivity index (χ4v) is 6.83. The Labute approximate surface area is 166 Å². The summed E-state index contributed by atoms with van der Waals surface area (Å²) < 4.78 is 22.3. The van der Waals surface area contributed by atoms with Gasteiger partial charge in [-0.05, 0) is 16.9 Å². The van der Waals surface area contributed by atoms with Crippen LogP contribution < -0.4 is 10.4 Å². The molecule has 0 unspecified atom stereocenters. The van der Waals surface area contributed by atoms with Crippen molar-refractivity contribution in [2.75, 3.05) is 28.4 Å². The summed E-state index contributed by atoms with van der Waals surface area (Å²) in [6.45, 7) is 8.51. The molecule has 0 aliphatic heterocycles. The van der Waals surface area contributed by atoms with E-state index in [1.54, 1.807) is 28.4 Å². The van der Waals surface area contributed by atoms with E-state index in [9.17, 15) is 0 Å². The van der Waals surface area contributed by atoms with Crippen LogP contribution in [0.1, 0.15) is 20.8 Å². The standard InChI is InChI=1S/C14H16O2Si.C7H18O2Si/c1-15-17(16-2,13-9-5-3-6-10-13)14-11-7-4-8-12-14;1-7(2,3)10(6,8-4)9-5/h3-12H,1-2H3;1-6H3. The van der Waals surface area contributed by atoms with E-state index in [0.717, 1.165) is 10.4 Å². The molecule has 2 aromatic rings. The first-order valence-electron chi connectivity index (χ1n) is 9.02. The predicted molar refractivity (Wildman–Crippen MR) is 117 cm³/mol. The number of hydrogen-bond donors (Lipinski definition) is 0. The van der Waals surface area contributed by atoms with Crippen LogP contribution in [-0.2, 0) is 17.7 Å². The average Bonchev–Trinajstić information content (AvgIpc) is 2.70. The van der Waals surface area contributed by atoms with Crippen molar-refractivity contribution >= 4 is 27.5 Å². The Morgan fingerprint density at radius 2 is 0.926 bits per heavy atom. The summed E-state index contributed by atoms with van der Waals surface area (Å²) in [6.07, 6.45) is 0. The van der Waals surface area contributed by atoms with Gasteiger partial charge < -0.3 is 17.7 Å². The Balaban J connectivity index is 0.000000314. The molecule has 4 nitrogen and oxygen atoms in total. The molecule has 0 heterocycles. The molecule has 6 heteroatoms. The molecule has 2 aromatic carbocycles. The van der Waals surface area contributed by atoms with Gasteiger partial charge >= 0.3 is 17.1 Å². The molecule has 150 valence electrons. The predicted octanol–water partition coefficient (Wildman–Crippen LogP) is 3.69. The van der Waals surface area contributed by atoms with Crippen LogP contribution >= 0.6 is 0 Å². The van der Waals surface area contributed by atoms with Crippen LogP contribution in [0.5, 0.6) is 0 Å². The van der Waals surface area contributed by atoms with Gasteiger partial charge in [0.15, 0.2) is 0 Å². The third-order valence-corrected chi connectivity index (χ3v) is 12.6. The quantitative estimate of drug-likeness (QED) is 0.686. The highest BCUT2D eigenvalue weighted by molar-refractivity contribution is 6.92. The highest BCUT2D eigenvalue weighted by Crippen LogP contribution is 2.36. The van der Waals surface area contributed by atoms with Gasteiger partial charge in [-0.25, -0.2) is 0 Å². The fourth-order valence-electron chi connectivity index (χ4n) is 2.73. The van der Waals surface area contributed by atoms with Crippen molar-refractivity contribution in [3.05, 3.63) is 60.7 Å². The first-order chi connectivity index (χ1) is 12.7. The number of benzene rings is 2. The first kappa shape index (κ1) is 23.8. The summed E-state index contributed by atoms with van der Waals surface area (Å²) in [6, 6.07) is 20.3. The molecular weight excluding hydrogens is 372 g/mol. The smallest absolute Gasteiger partial charge is 0.397 e. The molecule has 0 aromatic heterocycles. The largest absolute Gasteiger partial charge is 0.406 e. The molecule has 0 amide bonds. The Morgan fingerprint density at radius 1 is 0.593 bits per heavy atom. The second kappa shape index (κ2) is 10.3. The SMILES string of the molecule is CO[Si](C)(OC)C(C)(C)C.CO[Si](OC)(c1ccccc1)c1ccccc1. The van der Waals surface area contributed by atoms with Crippen LogP contribution in [0, 0.1) is 0 Å². The second-order valence-corrected chi connectivity index (χ2v) is 14.8. The van der Waals surface area contributed by atoms with E-state index < -0.39 is 17.1 Å². The van der Waals surface area contributed by atoms with E-state index >= 15 is 0 Å². The molecular formula is C21H34O4Si2. The average molecular weight is 407 g/mol. The molecule has 0 bridgehead atoms. The molecule has 0 N–H and O–H groups in total. The van der Waals surface area contributed by atoms with Crippen molar-refractivity contribution in [1.29, 1.82) is 0 Å². The maximum absolute atomic E-state index is 5.78. The number of rotatable bonds is 6.